The van der Waals surface area contributed by atoms with Gasteiger partial charge in [-0.2, -0.15) is 5.10 Å². The Morgan fingerprint density at radius 1 is 1.42 bits per heavy atom. The number of rotatable bonds is 2. The number of benzene rings is 1. The Morgan fingerprint density at radius 3 is 3.00 bits per heavy atom. The largest absolute Gasteiger partial charge is 0.482 e. The Balaban J connectivity index is 2.03. The molecule has 0 bridgehead atoms. The molecule has 0 atom stereocenters. The summed E-state index contributed by atoms with van der Waals surface area (Å²) in [5.74, 6) is 0.453. The van der Waals surface area contributed by atoms with Gasteiger partial charge in [0.25, 0.3) is 5.91 Å². The minimum Gasteiger partial charge on any atom is -0.482 e. The number of amides is 1. The number of fused-ring (bicyclic) bond motifs is 1. The zero-order valence-electron chi connectivity index (χ0n) is 10.2. The standard InChI is InChI=1S/C13H11N3O3/c1-16-9(6-17)5-10(15-16)8-2-3-12-11(4-8)14-13(18)7-19-12/h2-6H,7H2,1H3,(H,14,18). The Morgan fingerprint density at radius 2 is 2.26 bits per heavy atom. The van der Waals surface area contributed by atoms with Gasteiger partial charge >= 0.3 is 0 Å². The van der Waals surface area contributed by atoms with E-state index in [0.717, 1.165) is 11.8 Å². The molecule has 6 nitrogen and oxygen atoms in total. The third kappa shape index (κ3) is 1.97. The Hall–Kier alpha value is -2.63. The van der Waals surface area contributed by atoms with Crippen LogP contribution in [0.3, 0.4) is 0 Å². The van der Waals surface area contributed by atoms with Crippen LogP contribution in [0.5, 0.6) is 5.75 Å². The molecule has 2 heterocycles. The fourth-order valence-corrected chi connectivity index (χ4v) is 1.98. The van der Waals surface area contributed by atoms with Crippen LogP contribution in [0.25, 0.3) is 11.3 Å². The fourth-order valence-electron chi connectivity index (χ4n) is 1.98. The van der Waals surface area contributed by atoms with Crippen LogP contribution in [0.4, 0.5) is 5.69 Å². The van der Waals surface area contributed by atoms with E-state index in [-0.39, 0.29) is 12.5 Å². The quantitative estimate of drug-likeness (QED) is 0.821. The molecule has 1 aliphatic heterocycles. The summed E-state index contributed by atoms with van der Waals surface area (Å²) in [7, 11) is 1.70. The van der Waals surface area contributed by atoms with Crippen LogP contribution in [-0.2, 0) is 11.8 Å². The van der Waals surface area contributed by atoms with E-state index in [1.807, 2.05) is 6.07 Å². The van der Waals surface area contributed by atoms with Crippen molar-refractivity contribution in [2.75, 3.05) is 11.9 Å². The maximum absolute atomic E-state index is 11.3. The molecule has 0 aliphatic carbocycles. The van der Waals surface area contributed by atoms with E-state index >= 15 is 0 Å². The topological polar surface area (TPSA) is 73.2 Å². The Labute approximate surface area is 109 Å². The number of carbonyl (C=O) groups is 2. The number of aldehydes is 1. The normalized spacial score (nSPS) is 13.4. The molecule has 0 fully saturated rings. The molecule has 0 unspecified atom stereocenters. The van der Waals surface area contributed by atoms with Crippen molar-refractivity contribution >= 4 is 17.9 Å². The summed E-state index contributed by atoms with van der Waals surface area (Å²) in [6.45, 7) is 0.0330. The molecule has 6 heteroatoms. The highest BCUT2D eigenvalue weighted by atomic mass is 16.5. The highest BCUT2D eigenvalue weighted by Crippen LogP contribution is 2.32. The first-order chi connectivity index (χ1) is 9.17. The molecule has 0 spiro atoms. The maximum Gasteiger partial charge on any atom is 0.262 e. The fraction of sp³-hybridized carbons (Fsp3) is 0.154. The van der Waals surface area contributed by atoms with E-state index in [1.165, 1.54) is 4.68 Å². The van der Waals surface area contributed by atoms with Crippen LogP contribution in [0.1, 0.15) is 10.5 Å². The highest BCUT2D eigenvalue weighted by molar-refractivity contribution is 5.96. The van der Waals surface area contributed by atoms with E-state index < -0.39 is 0 Å². The van der Waals surface area contributed by atoms with E-state index in [4.69, 9.17) is 4.74 Å². The van der Waals surface area contributed by atoms with Gasteiger partial charge in [0.15, 0.2) is 12.9 Å². The summed E-state index contributed by atoms with van der Waals surface area (Å²) in [6.07, 6.45) is 0.750. The number of aromatic nitrogens is 2. The Bertz CT molecular complexity index is 676. The minimum atomic E-state index is -0.181. The van der Waals surface area contributed by atoms with Gasteiger partial charge in [-0.3, -0.25) is 14.3 Å². The van der Waals surface area contributed by atoms with Gasteiger partial charge in [-0.1, -0.05) is 0 Å². The molecule has 1 aromatic heterocycles. The van der Waals surface area contributed by atoms with Gasteiger partial charge in [-0.15, -0.1) is 0 Å². The van der Waals surface area contributed by atoms with Crippen LogP contribution in [0.15, 0.2) is 24.3 Å². The number of carbonyl (C=O) groups excluding carboxylic acids is 2. The van der Waals surface area contributed by atoms with Crippen molar-refractivity contribution in [3.8, 4) is 17.0 Å². The van der Waals surface area contributed by atoms with Crippen LogP contribution in [0.2, 0.25) is 0 Å². The lowest BCUT2D eigenvalue weighted by Gasteiger charge is -2.18. The SMILES string of the molecule is Cn1nc(-c2ccc3c(c2)NC(=O)CO3)cc1C=O. The molecular weight excluding hydrogens is 246 g/mol. The van der Waals surface area contributed by atoms with Gasteiger partial charge in [0.05, 0.1) is 11.4 Å². The van der Waals surface area contributed by atoms with Gasteiger partial charge in [-0.05, 0) is 24.3 Å². The summed E-state index contributed by atoms with van der Waals surface area (Å²) in [5.41, 5.74) is 2.60. The van der Waals surface area contributed by atoms with Gasteiger partial charge in [0, 0.05) is 12.6 Å². The molecule has 3 rings (SSSR count). The zero-order chi connectivity index (χ0) is 13.4. The molecule has 1 amide bonds. The van der Waals surface area contributed by atoms with Crippen molar-refractivity contribution in [2.24, 2.45) is 7.05 Å². The lowest BCUT2D eigenvalue weighted by atomic mass is 10.1. The zero-order valence-corrected chi connectivity index (χ0v) is 10.2. The number of aryl methyl sites for hydroxylation is 1. The van der Waals surface area contributed by atoms with Crippen LogP contribution in [0, 0.1) is 0 Å². The van der Waals surface area contributed by atoms with E-state index in [9.17, 15) is 9.59 Å². The molecule has 2 aromatic rings. The van der Waals surface area contributed by atoms with E-state index in [1.54, 1.807) is 25.2 Å². The smallest absolute Gasteiger partial charge is 0.262 e. The number of nitrogens with one attached hydrogen (secondary N) is 1. The molecular formula is C13H11N3O3. The number of anilines is 1. The molecule has 96 valence electrons. The summed E-state index contributed by atoms with van der Waals surface area (Å²) >= 11 is 0. The molecule has 1 aromatic carbocycles. The molecule has 0 saturated heterocycles. The van der Waals surface area contributed by atoms with Crippen LogP contribution in [-0.4, -0.2) is 28.6 Å². The third-order valence-electron chi connectivity index (χ3n) is 2.94. The number of nitrogens with zero attached hydrogens (tertiary/aromatic N) is 2. The van der Waals surface area contributed by atoms with Gasteiger partial charge in [0.2, 0.25) is 0 Å². The molecule has 19 heavy (non-hydrogen) atoms. The highest BCUT2D eigenvalue weighted by Gasteiger charge is 2.17. The maximum atomic E-state index is 11.3. The second-order valence-corrected chi connectivity index (χ2v) is 4.24. The van der Waals surface area contributed by atoms with Gasteiger partial charge < -0.3 is 10.1 Å². The van der Waals surface area contributed by atoms with Crippen molar-refractivity contribution in [3.05, 3.63) is 30.0 Å². The number of hydrogen-bond donors (Lipinski definition) is 1. The van der Waals surface area contributed by atoms with E-state index in [0.29, 0.717) is 22.8 Å². The van der Waals surface area contributed by atoms with Crippen molar-refractivity contribution in [3.63, 3.8) is 0 Å². The Kier molecular flexibility index (Phi) is 2.56. The van der Waals surface area contributed by atoms with Crippen molar-refractivity contribution in [1.29, 1.82) is 0 Å². The molecule has 1 N–H and O–H groups in total. The molecule has 0 saturated carbocycles. The first-order valence-electron chi connectivity index (χ1n) is 5.73. The number of hydrogen-bond acceptors (Lipinski definition) is 4. The molecule has 0 radical (unpaired) electrons. The average molecular weight is 257 g/mol. The average Bonchev–Trinajstić information content (AvgIpc) is 2.79. The molecule has 1 aliphatic rings. The van der Waals surface area contributed by atoms with Crippen molar-refractivity contribution < 1.29 is 14.3 Å². The van der Waals surface area contributed by atoms with Gasteiger partial charge in [-0.25, -0.2) is 0 Å². The predicted octanol–water partition coefficient (Wildman–Crippen LogP) is 1.23. The minimum absolute atomic E-state index is 0.0330. The van der Waals surface area contributed by atoms with Crippen molar-refractivity contribution in [1.82, 2.24) is 9.78 Å². The summed E-state index contributed by atoms with van der Waals surface area (Å²) in [4.78, 5) is 22.1. The predicted molar refractivity (Wildman–Crippen MR) is 68.2 cm³/mol. The van der Waals surface area contributed by atoms with Crippen LogP contribution < -0.4 is 10.1 Å². The summed E-state index contributed by atoms with van der Waals surface area (Å²) < 4.78 is 6.79. The third-order valence-corrected chi connectivity index (χ3v) is 2.94. The lowest BCUT2D eigenvalue weighted by Crippen LogP contribution is -2.25. The second kappa shape index (κ2) is 4.24. The van der Waals surface area contributed by atoms with Crippen molar-refractivity contribution in [2.45, 2.75) is 0 Å². The van der Waals surface area contributed by atoms with Crippen LogP contribution >= 0.6 is 0 Å². The number of ether oxygens (including phenoxy) is 1. The second-order valence-electron chi connectivity index (χ2n) is 4.24. The first kappa shape index (κ1) is 11.5. The monoisotopic (exact) mass is 257 g/mol. The summed E-state index contributed by atoms with van der Waals surface area (Å²) in [5, 5.41) is 6.99. The van der Waals surface area contributed by atoms with Gasteiger partial charge in [0.1, 0.15) is 11.4 Å². The first-order valence-corrected chi connectivity index (χ1v) is 5.73. The lowest BCUT2D eigenvalue weighted by molar-refractivity contribution is -0.118. The van der Waals surface area contributed by atoms with E-state index in [2.05, 4.69) is 10.4 Å². The summed E-state index contributed by atoms with van der Waals surface area (Å²) in [6, 6.07) is 7.09.